The first-order chi connectivity index (χ1) is 11.5. The predicted molar refractivity (Wildman–Crippen MR) is 95.7 cm³/mol. The van der Waals surface area contributed by atoms with E-state index in [1.54, 1.807) is 29.6 Å². The van der Waals surface area contributed by atoms with Gasteiger partial charge in [-0.2, -0.15) is 0 Å². The fourth-order valence-electron chi connectivity index (χ4n) is 1.83. The highest BCUT2D eigenvalue weighted by molar-refractivity contribution is 9.11. The maximum absolute atomic E-state index is 12.2. The van der Waals surface area contributed by atoms with Crippen LogP contribution in [-0.4, -0.2) is 25.5 Å². The first-order valence-electron chi connectivity index (χ1n) is 7.20. The number of hydrogen-bond acceptors (Lipinski definition) is 5. The zero-order valence-electron chi connectivity index (χ0n) is 13.2. The molecule has 6 nitrogen and oxygen atoms in total. The summed E-state index contributed by atoms with van der Waals surface area (Å²) in [5, 5.41) is 1.69. The van der Waals surface area contributed by atoms with Gasteiger partial charge in [-0.1, -0.05) is 6.92 Å². The van der Waals surface area contributed by atoms with Gasteiger partial charge < -0.3 is 9.47 Å². The lowest BCUT2D eigenvalue weighted by atomic mass is 10.2. The second-order valence-corrected chi connectivity index (χ2v) is 7.05. The first-order valence-corrected chi connectivity index (χ1v) is 8.88. The van der Waals surface area contributed by atoms with Gasteiger partial charge in [0.05, 0.1) is 23.1 Å². The van der Waals surface area contributed by atoms with Crippen molar-refractivity contribution in [3.63, 3.8) is 0 Å². The third kappa shape index (κ3) is 4.72. The van der Waals surface area contributed by atoms with Crippen molar-refractivity contribution < 1.29 is 19.1 Å². The zero-order valence-corrected chi connectivity index (χ0v) is 15.6. The van der Waals surface area contributed by atoms with Crippen molar-refractivity contribution in [3.05, 3.63) is 44.6 Å². The van der Waals surface area contributed by atoms with Crippen LogP contribution in [0.25, 0.3) is 0 Å². The zero-order chi connectivity index (χ0) is 17.5. The minimum absolute atomic E-state index is 0.350. The lowest BCUT2D eigenvalue weighted by Gasteiger charge is -2.12. The molecule has 1 aromatic heterocycles. The largest absolute Gasteiger partial charge is 0.493 e. The molecule has 0 atom stereocenters. The van der Waals surface area contributed by atoms with E-state index in [0.29, 0.717) is 29.2 Å². The molecular weight excluding hydrogens is 396 g/mol. The Balaban J connectivity index is 2.00. The number of rotatable bonds is 6. The van der Waals surface area contributed by atoms with Crippen LogP contribution in [0.4, 0.5) is 0 Å². The molecule has 0 aliphatic heterocycles. The molecule has 0 saturated heterocycles. The quantitative estimate of drug-likeness (QED) is 0.712. The lowest BCUT2D eigenvalue weighted by molar-refractivity contribution is 0.0846. The normalized spacial score (nSPS) is 10.1. The standard InChI is InChI=1S/C16H17BrN2O4S/c1-3-6-23-12-5-4-10(7-13(12)22-2)15(20)18-19-16(21)11-8-14(17)24-9-11/h4-5,7-9H,3,6H2,1-2H3,(H,18,20)(H,19,21). The lowest BCUT2D eigenvalue weighted by Crippen LogP contribution is -2.41. The summed E-state index contributed by atoms with van der Waals surface area (Å²) < 4.78 is 11.6. The van der Waals surface area contributed by atoms with Gasteiger partial charge in [0.2, 0.25) is 0 Å². The smallest absolute Gasteiger partial charge is 0.270 e. The molecule has 0 bridgehead atoms. The summed E-state index contributed by atoms with van der Waals surface area (Å²) in [6.07, 6.45) is 0.871. The molecule has 2 amide bonds. The van der Waals surface area contributed by atoms with Gasteiger partial charge in [0.25, 0.3) is 11.8 Å². The van der Waals surface area contributed by atoms with E-state index < -0.39 is 5.91 Å². The molecule has 1 aromatic carbocycles. The second kappa shape index (κ2) is 8.70. The molecule has 0 spiro atoms. The van der Waals surface area contributed by atoms with Crippen molar-refractivity contribution in [2.24, 2.45) is 0 Å². The Morgan fingerprint density at radius 1 is 1.12 bits per heavy atom. The van der Waals surface area contributed by atoms with Gasteiger partial charge in [0.15, 0.2) is 11.5 Å². The third-order valence-electron chi connectivity index (χ3n) is 3.01. The third-order valence-corrected chi connectivity index (χ3v) is 4.51. The summed E-state index contributed by atoms with van der Waals surface area (Å²) in [6.45, 7) is 2.57. The number of amides is 2. The van der Waals surface area contributed by atoms with Crippen molar-refractivity contribution in [1.82, 2.24) is 10.9 Å². The van der Waals surface area contributed by atoms with Gasteiger partial charge in [-0.15, -0.1) is 11.3 Å². The Morgan fingerprint density at radius 2 is 1.83 bits per heavy atom. The van der Waals surface area contributed by atoms with Crippen molar-refractivity contribution in [3.8, 4) is 11.5 Å². The SMILES string of the molecule is CCCOc1ccc(C(=O)NNC(=O)c2csc(Br)c2)cc1OC. The van der Waals surface area contributed by atoms with E-state index in [4.69, 9.17) is 9.47 Å². The fraction of sp³-hybridized carbons (Fsp3) is 0.250. The van der Waals surface area contributed by atoms with Gasteiger partial charge in [0, 0.05) is 10.9 Å². The van der Waals surface area contributed by atoms with Crippen LogP contribution in [0.3, 0.4) is 0 Å². The summed E-state index contributed by atoms with van der Waals surface area (Å²) in [4.78, 5) is 24.1. The van der Waals surface area contributed by atoms with Crippen LogP contribution in [0.1, 0.15) is 34.1 Å². The predicted octanol–water partition coefficient (Wildman–Crippen LogP) is 3.38. The molecule has 8 heteroatoms. The Kier molecular flexibility index (Phi) is 6.62. The number of thiophene rings is 1. The molecule has 0 aliphatic rings. The summed E-state index contributed by atoms with van der Waals surface area (Å²) >= 11 is 4.67. The Bertz CT molecular complexity index is 733. The van der Waals surface area contributed by atoms with Crippen LogP contribution in [0.5, 0.6) is 11.5 Å². The van der Waals surface area contributed by atoms with Crippen molar-refractivity contribution in [1.29, 1.82) is 0 Å². The number of carbonyl (C=O) groups is 2. The molecule has 2 N–H and O–H groups in total. The Morgan fingerprint density at radius 3 is 2.42 bits per heavy atom. The van der Waals surface area contributed by atoms with E-state index in [1.807, 2.05) is 6.92 Å². The van der Waals surface area contributed by atoms with Crippen LogP contribution in [0, 0.1) is 0 Å². The maximum Gasteiger partial charge on any atom is 0.270 e. The van der Waals surface area contributed by atoms with Gasteiger partial charge >= 0.3 is 0 Å². The van der Waals surface area contributed by atoms with Crippen LogP contribution >= 0.6 is 27.3 Å². The fourth-order valence-corrected chi connectivity index (χ4v) is 2.96. The number of benzene rings is 1. The highest BCUT2D eigenvalue weighted by Gasteiger charge is 2.13. The Hall–Kier alpha value is -2.06. The van der Waals surface area contributed by atoms with Crippen LogP contribution in [0.15, 0.2) is 33.4 Å². The van der Waals surface area contributed by atoms with E-state index in [9.17, 15) is 9.59 Å². The van der Waals surface area contributed by atoms with Crippen molar-refractivity contribution >= 4 is 39.1 Å². The molecule has 0 saturated carbocycles. The number of carbonyl (C=O) groups excluding carboxylic acids is 2. The summed E-state index contributed by atoms with van der Waals surface area (Å²) in [5.74, 6) is 0.199. The van der Waals surface area contributed by atoms with E-state index in [0.717, 1.165) is 10.2 Å². The van der Waals surface area contributed by atoms with E-state index in [-0.39, 0.29) is 5.91 Å². The molecular formula is C16H17BrN2O4S. The number of ether oxygens (including phenoxy) is 2. The number of methoxy groups -OCH3 is 1. The second-order valence-electron chi connectivity index (χ2n) is 4.76. The molecule has 0 fully saturated rings. The topological polar surface area (TPSA) is 76.7 Å². The summed E-state index contributed by atoms with van der Waals surface area (Å²) in [5.41, 5.74) is 5.56. The van der Waals surface area contributed by atoms with Crippen LogP contribution in [-0.2, 0) is 0 Å². The van der Waals surface area contributed by atoms with Crippen molar-refractivity contribution in [2.75, 3.05) is 13.7 Å². The molecule has 128 valence electrons. The molecule has 24 heavy (non-hydrogen) atoms. The van der Waals surface area contributed by atoms with Crippen LogP contribution in [0.2, 0.25) is 0 Å². The molecule has 0 radical (unpaired) electrons. The molecule has 2 rings (SSSR count). The van der Waals surface area contributed by atoms with Crippen molar-refractivity contribution in [2.45, 2.75) is 13.3 Å². The van der Waals surface area contributed by atoms with Gasteiger partial charge in [-0.05, 0) is 46.6 Å². The average molecular weight is 413 g/mol. The minimum Gasteiger partial charge on any atom is -0.493 e. The highest BCUT2D eigenvalue weighted by atomic mass is 79.9. The van der Waals surface area contributed by atoms with E-state index >= 15 is 0 Å². The molecule has 0 aliphatic carbocycles. The minimum atomic E-state index is -0.446. The average Bonchev–Trinajstić information content (AvgIpc) is 3.03. The number of nitrogens with one attached hydrogen (secondary N) is 2. The van der Waals surface area contributed by atoms with E-state index in [2.05, 4.69) is 26.8 Å². The Labute approximate surface area is 152 Å². The molecule has 0 unspecified atom stereocenters. The summed E-state index contributed by atoms with van der Waals surface area (Å²) in [6, 6.07) is 6.51. The number of halogens is 1. The highest BCUT2D eigenvalue weighted by Crippen LogP contribution is 2.28. The van der Waals surface area contributed by atoms with Gasteiger partial charge in [0.1, 0.15) is 0 Å². The monoisotopic (exact) mass is 412 g/mol. The first kappa shape index (κ1) is 18.3. The van der Waals surface area contributed by atoms with Crippen LogP contribution < -0.4 is 20.3 Å². The van der Waals surface area contributed by atoms with Gasteiger partial charge in [-0.3, -0.25) is 20.4 Å². The van der Waals surface area contributed by atoms with Gasteiger partial charge in [-0.25, -0.2) is 0 Å². The maximum atomic E-state index is 12.2. The van der Waals surface area contributed by atoms with E-state index in [1.165, 1.54) is 18.4 Å². The molecule has 1 heterocycles. The number of hydrogen-bond donors (Lipinski definition) is 2. The molecule has 2 aromatic rings. The number of hydrazine groups is 1. The summed E-state index contributed by atoms with van der Waals surface area (Å²) in [7, 11) is 1.51.